The van der Waals surface area contributed by atoms with Crippen LogP contribution in [0.1, 0.15) is 10.4 Å². The summed E-state index contributed by atoms with van der Waals surface area (Å²) in [5, 5.41) is 22.4. The van der Waals surface area contributed by atoms with E-state index in [1.165, 1.54) is 12.1 Å². The molecular weight excluding hydrogens is 354 g/mol. The summed E-state index contributed by atoms with van der Waals surface area (Å²) >= 11 is 6.87. The van der Waals surface area contributed by atoms with E-state index < -0.39 is 10.8 Å². The third-order valence-electron chi connectivity index (χ3n) is 2.96. The van der Waals surface area contributed by atoms with Crippen molar-refractivity contribution in [2.75, 3.05) is 5.32 Å². The lowest BCUT2D eigenvalue weighted by molar-refractivity contribution is -0.385. The van der Waals surface area contributed by atoms with E-state index in [4.69, 9.17) is 11.6 Å². The number of rotatable bonds is 4. The van der Waals surface area contributed by atoms with Crippen LogP contribution in [0.5, 0.6) is 0 Å². The number of carbonyl (C=O) groups is 1. The second kappa shape index (κ2) is 6.69. The third kappa shape index (κ3) is 3.36. The van der Waals surface area contributed by atoms with Gasteiger partial charge >= 0.3 is 0 Å². The highest BCUT2D eigenvalue weighted by Gasteiger charge is 2.21. The van der Waals surface area contributed by atoms with E-state index in [2.05, 4.69) is 20.5 Å². The van der Waals surface area contributed by atoms with Gasteiger partial charge in [-0.1, -0.05) is 22.9 Å². The highest BCUT2D eigenvalue weighted by atomic mass is 35.5. The fraction of sp³-hybridized carbons (Fsp3) is 0. The Labute approximate surface area is 144 Å². The van der Waals surface area contributed by atoms with Gasteiger partial charge in [0.2, 0.25) is 5.13 Å². The molecule has 0 aliphatic heterocycles. The van der Waals surface area contributed by atoms with E-state index in [0.29, 0.717) is 5.01 Å². The zero-order valence-corrected chi connectivity index (χ0v) is 13.4. The fourth-order valence-corrected chi connectivity index (χ4v) is 2.79. The third-order valence-corrected chi connectivity index (χ3v) is 4.08. The predicted molar refractivity (Wildman–Crippen MR) is 89.2 cm³/mol. The van der Waals surface area contributed by atoms with E-state index in [1.54, 1.807) is 18.5 Å². The second-order valence-corrected chi connectivity index (χ2v) is 5.94. The number of nitrogens with zero attached hydrogens (tertiary/aromatic N) is 4. The molecule has 120 valence electrons. The summed E-state index contributed by atoms with van der Waals surface area (Å²) in [5.41, 5.74) is 0.271. The van der Waals surface area contributed by atoms with Crippen molar-refractivity contribution >= 4 is 39.7 Å². The smallest absolute Gasteiger partial charge is 0.283 e. The van der Waals surface area contributed by atoms with E-state index in [0.717, 1.165) is 23.0 Å². The van der Waals surface area contributed by atoms with Gasteiger partial charge in [-0.2, -0.15) is 0 Å². The number of hydrogen-bond acceptors (Lipinski definition) is 7. The van der Waals surface area contributed by atoms with Gasteiger partial charge in [-0.3, -0.25) is 25.2 Å². The Morgan fingerprint density at radius 2 is 2.12 bits per heavy atom. The lowest BCUT2D eigenvalue weighted by Gasteiger charge is -2.02. The topological polar surface area (TPSA) is 111 Å². The molecule has 0 aliphatic carbocycles. The van der Waals surface area contributed by atoms with Gasteiger partial charge in [0.15, 0.2) is 5.01 Å². The molecular formula is C14H8ClN5O3S. The molecule has 0 unspecified atom stereocenters. The maximum absolute atomic E-state index is 12.3. The molecule has 2 aromatic heterocycles. The number of nitro benzene ring substituents is 1. The normalized spacial score (nSPS) is 10.4. The Bertz CT molecular complexity index is 916. The summed E-state index contributed by atoms with van der Waals surface area (Å²) in [7, 11) is 0. The molecule has 0 fully saturated rings. The van der Waals surface area contributed by atoms with Crippen molar-refractivity contribution in [2.45, 2.75) is 0 Å². The van der Waals surface area contributed by atoms with Crippen LogP contribution in [-0.2, 0) is 0 Å². The maximum Gasteiger partial charge on any atom is 0.283 e. The zero-order chi connectivity index (χ0) is 17.1. The quantitative estimate of drug-likeness (QED) is 0.563. The van der Waals surface area contributed by atoms with Gasteiger partial charge in [-0.25, -0.2) is 0 Å². The number of hydrogen-bond donors (Lipinski definition) is 1. The molecule has 1 N–H and O–H groups in total. The summed E-state index contributed by atoms with van der Waals surface area (Å²) in [5.74, 6) is -0.660. The van der Waals surface area contributed by atoms with Crippen LogP contribution < -0.4 is 5.32 Å². The lowest BCUT2D eigenvalue weighted by atomic mass is 10.1. The van der Waals surface area contributed by atoms with Crippen molar-refractivity contribution in [3.8, 4) is 10.6 Å². The average Bonchev–Trinajstić information content (AvgIpc) is 3.04. The highest BCUT2D eigenvalue weighted by molar-refractivity contribution is 7.18. The number of amides is 1. The van der Waals surface area contributed by atoms with Gasteiger partial charge in [-0.15, -0.1) is 10.2 Å². The van der Waals surface area contributed by atoms with Crippen LogP contribution in [0.3, 0.4) is 0 Å². The summed E-state index contributed by atoms with van der Waals surface area (Å²) in [6.07, 6.45) is 3.25. The van der Waals surface area contributed by atoms with Gasteiger partial charge in [0.1, 0.15) is 5.56 Å². The van der Waals surface area contributed by atoms with E-state index in [9.17, 15) is 14.9 Å². The molecule has 0 bridgehead atoms. The first-order valence-electron chi connectivity index (χ1n) is 6.54. The molecule has 24 heavy (non-hydrogen) atoms. The summed E-state index contributed by atoms with van der Waals surface area (Å²) in [6, 6.07) is 7.39. The Hall–Kier alpha value is -2.91. The molecule has 0 spiro atoms. The molecule has 0 saturated heterocycles. The molecule has 2 heterocycles. The number of nitrogens with one attached hydrogen (secondary N) is 1. The second-order valence-electron chi connectivity index (χ2n) is 4.53. The van der Waals surface area contributed by atoms with Gasteiger partial charge in [0, 0.05) is 29.0 Å². The van der Waals surface area contributed by atoms with Crippen molar-refractivity contribution in [1.82, 2.24) is 15.2 Å². The van der Waals surface area contributed by atoms with E-state index in [1.807, 2.05) is 6.07 Å². The summed E-state index contributed by atoms with van der Waals surface area (Å²) in [6.45, 7) is 0. The van der Waals surface area contributed by atoms with Crippen molar-refractivity contribution < 1.29 is 9.72 Å². The number of anilines is 1. The fourth-order valence-electron chi connectivity index (χ4n) is 1.89. The van der Waals surface area contributed by atoms with E-state index >= 15 is 0 Å². The number of aromatic nitrogens is 3. The number of nitro groups is 1. The predicted octanol–water partition coefficient (Wildman–Crippen LogP) is 3.41. The van der Waals surface area contributed by atoms with Crippen LogP contribution in [0, 0.1) is 10.1 Å². The molecule has 0 radical (unpaired) electrons. The van der Waals surface area contributed by atoms with Crippen LogP contribution in [0.4, 0.5) is 10.8 Å². The van der Waals surface area contributed by atoms with Crippen molar-refractivity contribution in [1.29, 1.82) is 0 Å². The number of halogens is 1. The number of carbonyl (C=O) groups excluding carboxylic acids is 1. The number of benzene rings is 1. The molecule has 10 heteroatoms. The summed E-state index contributed by atoms with van der Waals surface area (Å²) < 4.78 is 0. The number of pyridine rings is 1. The molecule has 0 saturated carbocycles. The maximum atomic E-state index is 12.3. The monoisotopic (exact) mass is 361 g/mol. The van der Waals surface area contributed by atoms with Crippen molar-refractivity contribution in [3.05, 3.63) is 63.4 Å². The van der Waals surface area contributed by atoms with Gasteiger partial charge in [0.05, 0.1) is 4.92 Å². The van der Waals surface area contributed by atoms with Crippen LogP contribution in [0.15, 0.2) is 42.7 Å². The molecule has 1 aromatic carbocycles. The van der Waals surface area contributed by atoms with Crippen LogP contribution in [-0.4, -0.2) is 26.0 Å². The molecule has 8 nitrogen and oxygen atoms in total. The van der Waals surface area contributed by atoms with Crippen LogP contribution in [0.2, 0.25) is 5.02 Å². The first-order chi connectivity index (χ1) is 11.5. The standard InChI is InChI=1S/C14H8ClN5O3S/c15-9-3-4-10(11(6-9)20(22)23)12(21)17-14-19-18-13(24-14)8-2-1-5-16-7-8/h1-7H,(H,17,19,21). The largest absolute Gasteiger partial charge is 0.296 e. The van der Waals surface area contributed by atoms with Crippen LogP contribution >= 0.6 is 22.9 Å². The zero-order valence-electron chi connectivity index (χ0n) is 11.8. The van der Waals surface area contributed by atoms with Crippen molar-refractivity contribution in [2.24, 2.45) is 0 Å². The lowest BCUT2D eigenvalue weighted by Crippen LogP contribution is -2.13. The summed E-state index contributed by atoms with van der Waals surface area (Å²) in [4.78, 5) is 26.6. The Morgan fingerprint density at radius 3 is 2.83 bits per heavy atom. The minimum Gasteiger partial charge on any atom is -0.296 e. The molecule has 1 amide bonds. The van der Waals surface area contributed by atoms with Crippen molar-refractivity contribution in [3.63, 3.8) is 0 Å². The Balaban J connectivity index is 1.84. The first kappa shape index (κ1) is 16.0. The van der Waals surface area contributed by atoms with E-state index in [-0.39, 0.29) is 21.4 Å². The van der Waals surface area contributed by atoms with Gasteiger partial charge < -0.3 is 0 Å². The van der Waals surface area contributed by atoms with Gasteiger partial charge in [-0.05, 0) is 24.3 Å². The molecule has 3 rings (SSSR count). The SMILES string of the molecule is O=C(Nc1nnc(-c2cccnc2)s1)c1ccc(Cl)cc1[N+](=O)[O-]. The minimum absolute atomic E-state index is 0.109. The molecule has 0 aliphatic rings. The first-order valence-corrected chi connectivity index (χ1v) is 7.73. The Kier molecular flexibility index (Phi) is 4.45. The highest BCUT2D eigenvalue weighted by Crippen LogP contribution is 2.27. The van der Waals surface area contributed by atoms with Crippen LogP contribution in [0.25, 0.3) is 10.6 Å². The Morgan fingerprint density at radius 1 is 1.29 bits per heavy atom. The van der Waals surface area contributed by atoms with Gasteiger partial charge in [0.25, 0.3) is 11.6 Å². The average molecular weight is 362 g/mol. The molecule has 3 aromatic rings. The minimum atomic E-state index is -0.665. The molecule has 0 atom stereocenters.